The molecule has 0 saturated carbocycles. The van der Waals surface area contributed by atoms with Gasteiger partial charge in [0.05, 0.1) is 10.7 Å². The van der Waals surface area contributed by atoms with E-state index in [0.29, 0.717) is 13.0 Å². The fraction of sp³-hybridized carbons (Fsp3) is 0.158. The van der Waals surface area contributed by atoms with Crippen molar-refractivity contribution < 1.29 is 9.18 Å². The predicted octanol–water partition coefficient (Wildman–Crippen LogP) is 4.85. The molecule has 3 nitrogen and oxygen atoms in total. The number of hydrogen-bond acceptors (Lipinski definition) is 3. The molecule has 0 radical (unpaired) electrons. The van der Waals surface area contributed by atoms with E-state index in [0.717, 1.165) is 22.4 Å². The van der Waals surface area contributed by atoms with Crippen LogP contribution in [0.25, 0.3) is 11.3 Å². The Bertz CT molecular complexity index is 868. The Hall–Kier alpha value is -2.24. The molecule has 0 aliphatic carbocycles. The monoisotopic (exact) mass is 374 g/mol. The fourth-order valence-electron chi connectivity index (χ4n) is 2.48. The number of rotatable bonds is 6. The number of benzene rings is 1. The Morgan fingerprint density at radius 2 is 2.16 bits per heavy atom. The van der Waals surface area contributed by atoms with Crippen molar-refractivity contribution in [1.29, 1.82) is 0 Å². The Morgan fingerprint density at radius 3 is 2.92 bits per heavy atom. The maximum atomic E-state index is 13.4. The van der Waals surface area contributed by atoms with Gasteiger partial charge >= 0.3 is 0 Å². The molecule has 3 aromatic rings. The van der Waals surface area contributed by atoms with Gasteiger partial charge in [0, 0.05) is 30.1 Å². The van der Waals surface area contributed by atoms with E-state index >= 15 is 0 Å². The van der Waals surface area contributed by atoms with Crippen molar-refractivity contribution in [2.24, 2.45) is 0 Å². The highest BCUT2D eigenvalue weighted by Gasteiger charge is 2.09. The lowest BCUT2D eigenvalue weighted by atomic mass is 10.1. The largest absolute Gasteiger partial charge is 0.352 e. The lowest BCUT2D eigenvalue weighted by Crippen LogP contribution is -2.23. The third-order valence-corrected chi connectivity index (χ3v) is 4.78. The van der Waals surface area contributed by atoms with E-state index in [4.69, 9.17) is 11.6 Å². The van der Waals surface area contributed by atoms with Crippen molar-refractivity contribution in [1.82, 2.24) is 10.3 Å². The van der Waals surface area contributed by atoms with Crippen LogP contribution in [-0.4, -0.2) is 10.9 Å². The molecule has 6 heteroatoms. The topological polar surface area (TPSA) is 42.0 Å². The summed E-state index contributed by atoms with van der Waals surface area (Å²) in [5, 5.41) is 7.02. The molecule has 0 saturated heterocycles. The summed E-state index contributed by atoms with van der Waals surface area (Å²) in [5.74, 6) is -0.550. The first-order valence-electron chi connectivity index (χ1n) is 7.80. The summed E-state index contributed by atoms with van der Waals surface area (Å²) in [7, 11) is 0. The second-order valence-electron chi connectivity index (χ2n) is 5.55. The summed E-state index contributed by atoms with van der Waals surface area (Å²) in [5.41, 5.74) is 3.64. The van der Waals surface area contributed by atoms with Crippen LogP contribution in [-0.2, 0) is 17.8 Å². The second-order valence-corrected chi connectivity index (χ2v) is 6.74. The molecule has 1 aromatic carbocycles. The van der Waals surface area contributed by atoms with Gasteiger partial charge in [-0.05, 0) is 47.2 Å². The first-order chi connectivity index (χ1) is 12.1. The van der Waals surface area contributed by atoms with Gasteiger partial charge in [0.1, 0.15) is 5.82 Å². The van der Waals surface area contributed by atoms with Crippen LogP contribution in [0.15, 0.2) is 53.4 Å². The Morgan fingerprint density at radius 1 is 1.28 bits per heavy atom. The minimum atomic E-state index is -0.463. The molecule has 3 rings (SSSR count). The normalized spacial score (nSPS) is 10.6. The van der Waals surface area contributed by atoms with Crippen LogP contribution in [0, 0.1) is 5.82 Å². The zero-order valence-electron chi connectivity index (χ0n) is 13.3. The minimum Gasteiger partial charge on any atom is -0.352 e. The first kappa shape index (κ1) is 17.6. The van der Waals surface area contributed by atoms with Crippen molar-refractivity contribution in [3.63, 3.8) is 0 Å². The maximum absolute atomic E-state index is 13.4. The first-order valence-corrected chi connectivity index (χ1v) is 9.12. The highest BCUT2D eigenvalue weighted by atomic mass is 35.5. The summed E-state index contributed by atoms with van der Waals surface area (Å²) >= 11 is 7.27. The Kier molecular flexibility index (Phi) is 5.79. The molecule has 0 fully saturated rings. The summed E-state index contributed by atoms with van der Waals surface area (Å²) in [6.07, 6.45) is 2.49. The Labute approximate surface area is 154 Å². The lowest BCUT2D eigenvalue weighted by molar-refractivity contribution is -0.121. The van der Waals surface area contributed by atoms with Gasteiger partial charge in [-0.2, -0.15) is 11.3 Å². The number of amides is 1. The van der Waals surface area contributed by atoms with E-state index in [1.165, 1.54) is 12.1 Å². The van der Waals surface area contributed by atoms with Crippen molar-refractivity contribution in [3.8, 4) is 11.3 Å². The van der Waals surface area contributed by atoms with Crippen LogP contribution in [0.4, 0.5) is 4.39 Å². The number of nitrogens with one attached hydrogen (secondary N) is 1. The van der Waals surface area contributed by atoms with E-state index in [1.54, 1.807) is 23.6 Å². The van der Waals surface area contributed by atoms with Crippen molar-refractivity contribution >= 4 is 28.8 Å². The maximum Gasteiger partial charge on any atom is 0.220 e. The van der Waals surface area contributed by atoms with Crippen molar-refractivity contribution in [2.75, 3.05) is 0 Å². The van der Waals surface area contributed by atoms with E-state index < -0.39 is 5.82 Å². The number of pyridine rings is 1. The zero-order chi connectivity index (χ0) is 17.6. The van der Waals surface area contributed by atoms with Crippen LogP contribution in [0.5, 0.6) is 0 Å². The van der Waals surface area contributed by atoms with Crippen LogP contribution in [0.2, 0.25) is 5.02 Å². The number of aryl methyl sites for hydroxylation is 1. The molecule has 0 aliphatic rings. The average Bonchev–Trinajstić information content (AvgIpc) is 3.15. The predicted molar refractivity (Wildman–Crippen MR) is 99.1 cm³/mol. The highest BCUT2D eigenvalue weighted by Crippen LogP contribution is 2.23. The third-order valence-electron chi connectivity index (χ3n) is 3.79. The number of thiophene rings is 1. The van der Waals surface area contributed by atoms with Crippen LogP contribution < -0.4 is 5.32 Å². The molecular weight excluding hydrogens is 359 g/mol. The molecule has 0 bridgehead atoms. The van der Waals surface area contributed by atoms with E-state index in [9.17, 15) is 9.18 Å². The molecule has 2 heterocycles. The van der Waals surface area contributed by atoms with Crippen LogP contribution in [0.1, 0.15) is 17.5 Å². The number of nitrogens with zero attached hydrogens (tertiary/aromatic N) is 1. The zero-order valence-corrected chi connectivity index (χ0v) is 14.9. The summed E-state index contributed by atoms with van der Waals surface area (Å²) in [6.45, 7) is 0.410. The molecule has 1 amide bonds. The SMILES string of the molecule is O=C(CCc1ccc(Cl)c(F)c1)NCc1cccnc1-c1ccsc1. The van der Waals surface area contributed by atoms with Gasteiger partial charge < -0.3 is 5.32 Å². The summed E-state index contributed by atoms with van der Waals surface area (Å²) in [6, 6.07) is 10.4. The summed E-state index contributed by atoms with van der Waals surface area (Å²) in [4.78, 5) is 16.5. The molecule has 25 heavy (non-hydrogen) atoms. The van der Waals surface area contributed by atoms with E-state index in [-0.39, 0.29) is 17.4 Å². The third kappa shape index (κ3) is 4.65. The average molecular weight is 375 g/mol. The molecule has 2 aromatic heterocycles. The molecule has 0 spiro atoms. The van der Waals surface area contributed by atoms with Gasteiger partial charge in [0.25, 0.3) is 0 Å². The molecule has 0 atom stereocenters. The van der Waals surface area contributed by atoms with Gasteiger partial charge in [0.15, 0.2) is 0 Å². The van der Waals surface area contributed by atoms with Gasteiger partial charge in [-0.15, -0.1) is 0 Å². The van der Waals surface area contributed by atoms with Crippen molar-refractivity contribution in [3.05, 3.63) is 75.3 Å². The van der Waals surface area contributed by atoms with Gasteiger partial charge in [-0.1, -0.05) is 23.7 Å². The minimum absolute atomic E-state index is 0.0875. The van der Waals surface area contributed by atoms with Gasteiger partial charge in [0.2, 0.25) is 5.91 Å². The highest BCUT2D eigenvalue weighted by molar-refractivity contribution is 7.08. The van der Waals surface area contributed by atoms with Gasteiger partial charge in [-0.3, -0.25) is 9.78 Å². The van der Waals surface area contributed by atoms with Crippen LogP contribution >= 0.6 is 22.9 Å². The number of halogens is 2. The van der Waals surface area contributed by atoms with E-state index in [1.807, 2.05) is 29.0 Å². The second kappa shape index (κ2) is 8.23. The van der Waals surface area contributed by atoms with Gasteiger partial charge in [-0.25, -0.2) is 4.39 Å². The molecule has 0 unspecified atom stereocenters. The number of aromatic nitrogens is 1. The molecule has 1 N–H and O–H groups in total. The fourth-order valence-corrected chi connectivity index (χ4v) is 3.23. The lowest BCUT2D eigenvalue weighted by Gasteiger charge is -2.09. The smallest absolute Gasteiger partial charge is 0.220 e. The Balaban J connectivity index is 1.57. The quantitative estimate of drug-likeness (QED) is 0.670. The standard InChI is InChI=1S/C19H16ClFN2OS/c20-16-5-3-13(10-17(16)21)4-6-18(24)23-11-14-2-1-8-22-19(14)15-7-9-25-12-15/h1-3,5,7-10,12H,4,6,11H2,(H,23,24). The van der Waals surface area contributed by atoms with E-state index in [2.05, 4.69) is 10.3 Å². The van der Waals surface area contributed by atoms with Crippen LogP contribution in [0.3, 0.4) is 0 Å². The number of hydrogen-bond donors (Lipinski definition) is 1. The molecule has 128 valence electrons. The number of carbonyl (C=O) groups excluding carboxylic acids is 1. The molecule has 0 aliphatic heterocycles. The molecular formula is C19H16ClFN2OS. The van der Waals surface area contributed by atoms with Crippen molar-refractivity contribution in [2.45, 2.75) is 19.4 Å². The number of carbonyl (C=O) groups is 1. The summed E-state index contributed by atoms with van der Waals surface area (Å²) < 4.78 is 13.4.